The summed E-state index contributed by atoms with van der Waals surface area (Å²) in [6, 6.07) is 4.28. The SMILES string of the molecule is Cc1ccc(OCn2cc([N+](=O)[O-])c(C(=O)O)n2)c([N+](=O)[O-])c1. The summed E-state index contributed by atoms with van der Waals surface area (Å²) in [5.41, 5.74) is -1.05. The Morgan fingerprint density at radius 2 is 1.96 bits per heavy atom. The average Bonchev–Trinajstić information content (AvgIpc) is 2.90. The Balaban J connectivity index is 2.25. The molecule has 0 atom stereocenters. The maximum atomic E-state index is 11.0. The minimum atomic E-state index is -1.56. The van der Waals surface area contributed by atoms with Crippen LogP contribution in [0.4, 0.5) is 11.4 Å². The third-order valence-electron chi connectivity index (χ3n) is 2.81. The Morgan fingerprint density at radius 3 is 2.48 bits per heavy atom. The second-order valence-electron chi connectivity index (χ2n) is 4.47. The van der Waals surface area contributed by atoms with Gasteiger partial charge in [0, 0.05) is 6.07 Å². The van der Waals surface area contributed by atoms with Gasteiger partial charge in [0.2, 0.25) is 5.69 Å². The molecule has 120 valence electrons. The molecule has 11 nitrogen and oxygen atoms in total. The molecule has 0 bridgehead atoms. The molecular formula is C12H10N4O7. The number of aromatic nitrogens is 2. The van der Waals surface area contributed by atoms with Gasteiger partial charge in [-0.2, -0.15) is 5.10 Å². The lowest BCUT2D eigenvalue weighted by atomic mass is 10.2. The molecule has 2 aromatic rings. The summed E-state index contributed by atoms with van der Waals surface area (Å²) in [4.78, 5) is 31.1. The second kappa shape index (κ2) is 6.09. The Bertz CT molecular complexity index is 767. The molecule has 0 radical (unpaired) electrons. The van der Waals surface area contributed by atoms with E-state index in [2.05, 4.69) is 5.10 Å². The lowest BCUT2D eigenvalue weighted by Crippen LogP contribution is -2.08. The zero-order valence-corrected chi connectivity index (χ0v) is 11.7. The van der Waals surface area contributed by atoms with Gasteiger partial charge in [-0.1, -0.05) is 6.07 Å². The smallest absolute Gasteiger partial charge is 0.363 e. The van der Waals surface area contributed by atoms with Crippen LogP contribution in [0.5, 0.6) is 5.75 Å². The van der Waals surface area contributed by atoms with E-state index in [-0.39, 0.29) is 11.4 Å². The molecule has 2 rings (SSSR count). The zero-order chi connectivity index (χ0) is 17.1. The van der Waals surface area contributed by atoms with Crippen molar-refractivity contribution >= 4 is 17.3 Å². The molecule has 1 heterocycles. The number of hydrogen-bond donors (Lipinski definition) is 1. The summed E-state index contributed by atoms with van der Waals surface area (Å²) >= 11 is 0. The predicted molar refractivity (Wildman–Crippen MR) is 74.3 cm³/mol. The van der Waals surface area contributed by atoms with Crippen LogP contribution in [0.3, 0.4) is 0 Å². The highest BCUT2D eigenvalue weighted by Crippen LogP contribution is 2.28. The lowest BCUT2D eigenvalue weighted by Gasteiger charge is -2.06. The van der Waals surface area contributed by atoms with E-state index < -0.39 is 33.9 Å². The molecule has 0 amide bonds. The number of carboxylic acid groups (broad SMARTS) is 1. The molecule has 0 fully saturated rings. The number of aryl methyl sites for hydroxylation is 1. The van der Waals surface area contributed by atoms with Gasteiger partial charge < -0.3 is 9.84 Å². The number of benzene rings is 1. The van der Waals surface area contributed by atoms with Gasteiger partial charge in [-0.3, -0.25) is 20.2 Å². The molecule has 1 aromatic heterocycles. The van der Waals surface area contributed by atoms with Crippen LogP contribution in [0.25, 0.3) is 0 Å². The third-order valence-corrected chi connectivity index (χ3v) is 2.81. The van der Waals surface area contributed by atoms with E-state index in [1.54, 1.807) is 13.0 Å². The number of rotatable bonds is 6. The first-order chi connectivity index (χ1) is 10.8. The fourth-order valence-corrected chi connectivity index (χ4v) is 1.79. The van der Waals surface area contributed by atoms with Gasteiger partial charge in [-0.15, -0.1) is 0 Å². The maximum absolute atomic E-state index is 11.0. The van der Waals surface area contributed by atoms with Gasteiger partial charge in [-0.05, 0) is 18.6 Å². The maximum Gasteiger partial charge on any atom is 0.363 e. The van der Waals surface area contributed by atoms with Gasteiger partial charge in [0.15, 0.2) is 12.5 Å². The van der Waals surface area contributed by atoms with E-state index in [9.17, 15) is 25.0 Å². The van der Waals surface area contributed by atoms with Crippen molar-refractivity contribution in [3.8, 4) is 5.75 Å². The van der Waals surface area contributed by atoms with Crippen LogP contribution in [-0.2, 0) is 6.73 Å². The van der Waals surface area contributed by atoms with E-state index in [1.165, 1.54) is 12.1 Å². The topological polar surface area (TPSA) is 151 Å². The monoisotopic (exact) mass is 322 g/mol. The van der Waals surface area contributed by atoms with Crippen molar-refractivity contribution in [2.75, 3.05) is 0 Å². The fraction of sp³-hybridized carbons (Fsp3) is 0.167. The van der Waals surface area contributed by atoms with Gasteiger partial charge in [0.1, 0.15) is 6.20 Å². The van der Waals surface area contributed by atoms with Crippen molar-refractivity contribution < 1.29 is 24.5 Å². The first-order valence-electron chi connectivity index (χ1n) is 6.12. The van der Waals surface area contributed by atoms with Crippen molar-refractivity contribution in [3.05, 3.63) is 55.9 Å². The first-order valence-corrected chi connectivity index (χ1v) is 6.12. The number of aromatic carboxylic acids is 1. The summed E-state index contributed by atoms with van der Waals surface area (Å²) in [6.07, 6.45) is 0.878. The van der Waals surface area contributed by atoms with E-state index in [0.29, 0.717) is 5.56 Å². The van der Waals surface area contributed by atoms with Crippen LogP contribution in [0.2, 0.25) is 0 Å². The normalized spacial score (nSPS) is 10.3. The van der Waals surface area contributed by atoms with Gasteiger partial charge >= 0.3 is 17.3 Å². The summed E-state index contributed by atoms with van der Waals surface area (Å²) in [5, 5.41) is 34.1. The van der Waals surface area contributed by atoms with Crippen LogP contribution in [0, 0.1) is 27.2 Å². The summed E-state index contributed by atoms with van der Waals surface area (Å²) in [7, 11) is 0. The minimum absolute atomic E-state index is 0.0596. The number of ether oxygens (including phenoxy) is 1. The molecule has 0 aliphatic rings. The van der Waals surface area contributed by atoms with Crippen LogP contribution in [-0.4, -0.2) is 30.7 Å². The summed E-state index contributed by atoms with van der Waals surface area (Å²) < 4.78 is 6.09. The molecule has 0 unspecified atom stereocenters. The standard InChI is InChI=1S/C12H10N4O7/c1-7-2-3-10(8(4-7)15(19)20)23-6-14-5-9(16(21)22)11(13-14)12(17)18/h2-5H,6H2,1H3,(H,17,18). The van der Waals surface area contributed by atoms with Gasteiger partial charge in [0.05, 0.1) is 9.85 Å². The van der Waals surface area contributed by atoms with Crippen LogP contribution < -0.4 is 4.74 Å². The Morgan fingerprint density at radius 1 is 1.30 bits per heavy atom. The highest BCUT2D eigenvalue weighted by molar-refractivity contribution is 5.89. The second-order valence-corrected chi connectivity index (χ2v) is 4.47. The number of nitro groups is 2. The average molecular weight is 322 g/mol. The molecule has 1 N–H and O–H groups in total. The highest BCUT2D eigenvalue weighted by Gasteiger charge is 2.25. The fourth-order valence-electron chi connectivity index (χ4n) is 1.79. The Hall–Kier alpha value is -3.50. The minimum Gasteiger partial charge on any atom is -0.476 e. The number of nitrogens with zero attached hydrogens (tertiary/aromatic N) is 4. The van der Waals surface area contributed by atoms with Crippen molar-refractivity contribution in [2.45, 2.75) is 13.7 Å². The molecule has 23 heavy (non-hydrogen) atoms. The number of carbonyl (C=O) groups is 1. The molecule has 0 saturated heterocycles. The van der Waals surface area contributed by atoms with Gasteiger partial charge in [0.25, 0.3) is 0 Å². The predicted octanol–water partition coefficient (Wildman–Crippen LogP) is 1.74. The molecule has 11 heteroatoms. The molecule has 0 spiro atoms. The zero-order valence-electron chi connectivity index (χ0n) is 11.7. The van der Waals surface area contributed by atoms with E-state index >= 15 is 0 Å². The van der Waals surface area contributed by atoms with Crippen molar-refractivity contribution in [1.82, 2.24) is 9.78 Å². The molecule has 0 aliphatic carbocycles. The van der Waals surface area contributed by atoms with Crippen LogP contribution in [0.15, 0.2) is 24.4 Å². The largest absolute Gasteiger partial charge is 0.476 e. The van der Waals surface area contributed by atoms with Crippen molar-refractivity contribution in [1.29, 1.82) is 0 Å². The number of nitro benzene ring substituents is 1. The summed E-state index contributed by atoms with van der Waals surface area (Å²) in [5.74, 6) is -1.62. The Kier molecular flexibility index (Phi) is 4.21. The van der Waals surface area contributed by atoms with E-state index in [1.807, 2.05) is 0 Å². The summed E-state index contributed by atoms with van der Waals surface area (Å²) in [6.45, 7) is 1.25. The van der Waals surface area contributed by atoms with Crippen molar-refractivity contribution in [3.63, 3.8) is 0 Å². The van der Waals surface area contributed by atoms with Crippen molar-refractivity contribution in [2.24, 2.45) is 0 Å². The van der Waals surface area contributed by atoms with Crippen LogP contribution in [0.1, 0.15) is 16.1 Å². The molecular weight excluding hydrogens is 312 g/mol. The number of hydrogen-bond acceptors (Lipinski definition) is 7. The molecule has 0 aliphatic heterocycles. The lowest BCUT2D eigenvalue weighted by molar-refractivity contribution is -0.386. The van der Waals surface area contributed by atoms with E-state index in [0.717, 1.165) is 10.9 Å². The number of carboxylic acids is 1. The quantitative estimate of drug-likeness (QED) is 0.623. The Labute approximate surface area is 128 Å². The third kappa shape index (κ3) is 3.40. The van der Waals surface area contributed by atoms with Crippen LogP contribution >= 0.6 is 0 Å². The molecule has 0 saturated carbocycles. The first kappa shape index (κ1) is 15.9. The highest BCUT2D eigenvalue weighted by atomic mass is 16.6. The molecule has 1 aromatic carbocycles. The van der Waals surface area contributed by atoms with E-state index in [4.69, 9.17) is 9.84 Å². The van der Waals surface area contributed by atoms with Gasteiger partial charge in [-0.25, -0.2) is 9.48 Å².